The summed E-state index contributed by atoms with van der Waals surface area (Å²) in [5.74, 6) is -0.902. The van der Waals surface area contributed by atoms with E-state index in [-0.39, 0.29) is 11.7 Å². The van der Waals surface area contributed by atoms with E-state index in [4.69, 9.17) is 16.7 Å². The summed E-state index contributed by atoms with van der Waals surface area (Å²) < 4.78 is 1.43. The highest BCUT2D eigenvalue weighted by atomic mass is 35.5. The quantitative estimate of drug-likeness (QED) is 0.825. The first-order valence-corrected chi connectivity index (χ1v) is 5.06. The fourth-order valence-electron chi connectivity index (χ4n) is 1.30. The number of hydrogen-bond donors (Lipinski definition) is 1. The Bertz CT molecular complexity index is 510. The molecule has 16 heavy (non-hydrogen) atoms. The van der Waals surface area contributed by atoms with Crippen LogP contribution in [0.1, 0.15) is 16.4 Å². The molecule has 1 heterocycles. The summed E-state index contributed by atoms with van der Waals surface area (Å²) in [6.07, 6.45) is 0. The van der Waals surface area contributed by atoms with E-state index in [9.17, 15) is 4.79 Å². The van der Waals surface area contributed by atoms with Crippen molar-refractivity contribution in [1.29, 1.82) is 0 Å². The minimum atomic E-state index is -1.17. The Morgan fingerprint density at radius 2 is 2.06 bits per heavy atom. The van der Waals surface area contributed by atoms with Crippen molar-refractivity contribution in [3.05, 3.63) is 42.0 Å². The van der Waals surface area contributed by atoms with E-state index < -0.39 is 5.97 Å². The lowest BCUT2D eigenvalue weighted by Gasteiger charge is -2.01. The third-order valence-corrected chi connectivity index (χ3v) is 2.22. The second-order valence-corrected chi connectivity index (χ2v) is 3.31. The van der Waals surface area contributed by atoms with Gasteiger partial charge in [-0.05, 0) is 12.1 Å². The van der Waals surface area contributed by atoms with Gasteiger partial charge in [-0.3, -0.25) is 0 Å². The number of aromatic carboxylic acids is 1. The van der Waals surface area contributed by atoms with Gasteiger partial charge in [0, 0.05) is 0 Å². The number of carboxylic acids is 1. The largest absolute Gasteiger partial charge is 0.475 e. The highest BCUT2D eigenvalue weighted by Gasteiger charge is 2.15. The molecule has 0 spiro atoms. The summed E-state index contributed by atoms with van der Waals surface area (Å²) >= 11 is 5.68. The maximum atomic E-state index is 10.7. The van der Waals surface area contributed by atoms with Crippen LogP contribution in [0, 0.1) is 0 Å². The van der Waals surface area contributed by atoms with E-state index >= 15 is 0 Å². The monoisotopic (exact) mass is 237 g/mol. The highest BCUT2D eigenvalue weighted by molar-refractivity contribution is 6.16. The van der Waals surface area contributed by atoms with E-state index in [1.165, 1.54) is 4.68 Å². The lowest BCUT2D eigenvalue weighted by atomic mass is 10.3. The van der Waals surface area contributed by atoms with Crippen LogP contribution >= 0.6 is 11.6 Å². The van der Waals surface area contributed by atoms with Crippen molar-refractivity contribution in [3.8, 4) is 5.69 Å². The molecule has 5 nitrogen and oxygen atoms in total. The Morgan fingerprint density at radius 1 is 1.38 bits per heavy atom. The van der Waals surface area contributed by atoms with E-state index in [1.54, 1.807) is 12.1 Å². The zero-order chi connectivity index (χ0) is 11.5. The van der Waals surface area contributed by atoms with Gasteiger partial charge in [-0.2, -0.15) is 0 Å². The molecule has 0 atom stereocenters. The van der Waals surface area contributed by atoms with Gasteiger partial charge >= 0.3 is 5.97 Å². The first-order chi connectivity index (χ1) is 7.72. The second kappa shape index (κ2) is 4.32. The van der Waals surface area contributed by atoms with Crippen molar-refractivity contribution in [2.75, 3.05) is 0 Å². The maximum Gasteiger partial charge on any atom is 0.375 e. The van der Waals surface area contributed by atoms with Crippen LogP contribution < -0.4 is 0 Å². The molecule has 0 aliphatic heterocycles. The minimum absolute atomic E-state index is 0.106. The van der Waals surface area contributed by atoms with Crippen molar-refractivity contribution in [3.63, 3.8) is 0 Å². The zero-order valence-electron chi connectivity index (χ0n) is 8.17. The Balaban J connectivity index is 2.52. The molecule has 0 fully saturated rings. The first kappa shape index (κ1) is 10.6. The van der Waals surface area contributed by atoms with Crippen LogP contribution in [0.4, 0.5) is 0 Å². The number of nitrogens with zero attached hydrogens (tertiary/aromatic N) is 3. The summed E-state index contributed by atoms with van der Waals surface area (Å²) in [5.41, 5.74) is 0.734. The average molecular weight is 238 g/mol. The number of benzene rings is 1. The van der Waals surface area contributed by atoms with Gasteiger partial charge in [0.15, 0.2) is 0 Å². The molecule has 1 N–H and O–H groups in total. The first-order valence-electron chi connectivity index (χ1n) is 4.53. The van der Waals surface area contributed by atoms with Gasteiger partial charge in [0.25, 0.3) is 5.82 Å². The van der Waals surface area contributed by atoms with Gasteiger partial charge in [0.05, 0.1) is 11.6 Å². The molecule has 0 aliphatic rings. The summed E-state index contributed by atoms with van der Waals surface area (Å²) in [5, 5.41) is 12.7. The number of carbonyl (C=O) groups is 1. The summed E-state index contributed by atoms with van der Waals surface area (Å²) in [6, 6.07) is 9.12. The number of para-hydroxylation sites is 1. The van der Waals surface area contributed by atoms with Gasteiger partial charge in [-0.1, -0.05) is 18.2 Å². The molecule has 0 bridgehead atoms. The molecular formula is C10H8ClN3O2. The Labute approximate surface area is 96.3 Å². The Morgan fingerprint density at radius 3 is 2.62 bits per heavy atom. The number of alkyl halides is 1. The second-order valence-electron chi connectivity index (χ2n) is 3.04. The van der Waals surface area contributed by atoms with Gasteiger partial charge in [0.2, 0.25) is 0 Å². The van der Waals surface area contributed by atoms with Gasteiger partial charge < -0.3 is 5.11 Å². The molecule has 0 amide bonds. The molecule has 2 aromatic rings. The number of aromatic nitrogens is 3. The Kier molecular flexibility index (Phi) is 2.87. The van der Waals surface area contributed by atoms with Crippen molar-refractivity contribution in [2.24, 2.45) is 0 Å². The molecule has 1 aromatic heterocycles. The normalized spacial score (nSPS) is 10.3. The van der Waals surface area contributed by atoms with Crippen LogP contribution in [0.5, 0.6) is 0 Å². The highest BCUT2D eigenvalue weighted by Crippen LogP contribution is 2.11. The standard InChI is InChI=1S/C10H8ClN3O2/c11-6-8-12-9(10(15)16)13-14(8)7-4-2-1-3-5-7/h1-5H,6H2,(H,15,16). The Hall–Kier alpha value is -1.88. The minimum Gasteiger partial charge on any atom is -0.475 e. The molecule has 0 unspecified atom stereocenters. The smallest absolute Gasteiger partial charge is 0.375 e. The third-order valence-electron chi connectivity index (χ3n) is 1.99. The predicted octanol–water partition coefficient (Wildman–Crippen LogP) is 1.70. The summed E-state index contributed by atoms with van der Waals surface area (Å²) in [6.45, 7) is 0. The number of carboxylic acid groups (broad SMARTS) is 1. The van der Waals surface area contributed by atoms with E-state index in [2.05, 4.69) is 10.1 Å². The van der Waals surface area contributed by atoms with E-state index in [0.29, 0.717) is 5.82 Å². The van der Waals surface area contributed by atoms with Crippen molar-refractivity contribution in [2.45, 2.75) is 5.88 Å². The zero-order valence-corrected chi connectivity index (χ0v) is 8.92. The third kappa shape index (κ3) is 1.90. The van der Waals surface area contributed by atoms with Crippen LogP contribution in [0.3, 0.4) is 0 Å². The van der Waals surface area contributed by atoms with Crippen molar-refractivity contribution < 1.29 is 9.90 Å². The molecule has 6 heteroatoms. The molecule has 0 saturated carbocycles. The maximum absolute atomic E-state index is 10.7. The fourth-order valence-corrected chi connectivity index (χ4v) is 1.47. The molecule has 2 rings (SSSR count). The topological polar surface area (TPSA) is 68.0 Å². The van der Waals surface area contributed by atoms with Crippen LogP contribution in [-0.2, 0) is 5.88 Å². The number of halogens is 1. The van der Waals surface area contributed by atoms with Crippen LogP contribution in [0.15, 0.2) is 30.3 Å². The SMILES string of the molecule is O=C(O)c1nc(CCl)n(-c2ccccc2)n1. The molecular weight excluding hydrogens is 230 g/mol. The fraction of sp³-hybridized carbons (Fsp3) is 0.100. The van der Waals surface area contributed by atoms with Gasteiger partial charge in [0.1, 0.15) is 5.82 Å². The molecule has 0 aliphatic carbocycles. The van der Waals surface area contributed by atoms with Crippen LogP contribution in [-0.4, -0.2) is 25.8 Å². The van der Waals surface area contributed by atoms with Gasteiger partial charge in [-0.15, -0.1) is 16.7 Å². The van der Waals surface area contributed by atoms with Crippen LogP contribution in [0.25, 0.3) is 5.69 Å². The van der Waals surface area contributed by atoms with Crippen molar-refractivity contribution in [1.82, 2.24) is 14.8 Å². The molecule has 0 radical (unpaired) electrons. The summed E-state index contributed by atoms with van der Waals surface area (Å²) in [7, 11) is 0. The molecule has 82 valence electrons. The van der Waals surface area contributed by atoms with Crippen LogP contribution in [0.2, 0.25) is 0 Å². The van der Waals surface area contributed by atoms with Crippen molar-refractivity contribution >= 4 is 17.6 Å². The lowest BCUT2D eigenvalue weighted by Crippen LogP contribution is -2.02. The number of hydrogen-bond acceptors (Lipinski definition) is 3. The molecule has 1 aromatic carbocycles. The molecule has 0 saturated heterocycles. The van der Waals surface area contributed by atoms with E-state index in [1.807, 2.05) is 18.2 Å². The predicted molar refractivity (Wildman–Crippen MR) is 57.9 cm³/mol. The lowest BCUT2D eigenvalue weighted by molar-refractivity contribution is 0.0683. The summed E-state index contributed by atoms with van der Waals surface area (Å²) in [4.78, 5) is 14.6. The van der Waals surface area contributed by atoms with E-state index in [0.717, 1.165) is 5.69 Å². The average Bonchev–Trinajstić information content (AvgIpc) is 2.74. The van der Waals surface area contributed by atoms with Gasteiger partial charge in [-0.25, -0.2) is 14.5 Å². The number of rotatable bonds is 3.